The zero-order chi connectivity index (χ0) is 12.3. The van der Waals surface area contributed by atoms with Crippen LogP contribution in [0.5, 0.6) is 0 Å². The molecule has 1 aliphatic heterocycles. The van der Waals surface area contributed by atoms with Crippen LogP contribution < -0.4 is 0 Å². The van der Waals surface area contributed by atoms with E-state index in [2.05, 4.69) is 0 Å². The van der Waals surface area contributed by atoms with E-state index >= 15 is 0 Å². The lowest BCUT2D eigenvalue weighted by molar-refractivity contribution is -0.109. The van der Waals surface area contributed by atoms with Crippen LogP contribution in [0.4, 0.5) is 0 Å². The largest absolute Gasteiger partial charge is 0.459 e. The molecule has 0 radical (unpaired) electrons. The first-order valence-electron chi connectivity index (χ1n) is 5.40. The molecule has 1 aromatic rings. The van der Waals surface area contributed by atoms with E-state index in [0.717, 1.165) is 0 Å². The van der Waals surface area contributed by atoms with Gasteiger partial charge in [-0.1, -0.05) is 18.2 Å². The number of aliphatic hydroxyl groups excluding tert-OH is 2. The Bertz CT molecular complexity index is 378. The number of esters is 1. The van der Waals surface area contributed by atoms with Crippen molar-refractivity contribution in [2.24, 2.45) is 0 Å². The Balaban J connectivity index is 1.85. The number of hydrogen-bond acceptors (Lipinski definition) is 5. The van der Waals surface area contributed by atoms with E-state index in [1.165, 1.54) is 0 Å². The van der Waals surface area contributed by atoms with Crippen molar-refractivity contribution in [3.05, 3.63) is 35.9 Å². The topological polar surface area (TPSA) is 76.0 Å². The summed E-state index contributed by atoms with van der Waals surface area (Å²) in [6.45, 7) is -0.0635. The van der Waals surface area contributed by atoms with Crippen LogP contribution in [-0.2, 0) is 9.47 Å². The van der Waals surface area contributed by atoms with E-state index in [1.54, 1.807) is 30.3 Å². The maximum absolute atomic E-state index is 11.6. The molecule has 1 saturated heterocycles. The van der Waals surface area contributed by atoms with Crippen molar-refractivity contribution in [3.8, 4) is 0 Å². The highest BCUT2D eigenvalue weighted by atomic mass is 16.6. The molecule has 0 amide bonds. The molecule has 1 aromatic carbocycles. The number of aliphatic hydroxyl groups is 2. The van der Waals surface area contributed by atoms with Gasteiger partial charge in [-0.15, -0.1) is 0 Å². The Hall–Kier alpha value is -1.43. The molecular weight excluding hydrogens is 224 g/mol. The Morgan fingerprint density at radius 2 is 2.06 bits per heavy atom. The van der Waals surface area contributed by atoms with Crippen LogP contribution in [0, 0.1) is 0 Å². The molecule has 17 heavy (non-hydrogen) atoms. The summed E-state index contributed by atoms with van der Waals surface area (Å²) in [5, 5.41) is 18.6. The molecule has 0 aromatic heterocycles. The number of hydrogen-bond donors (Lipinski definition) is 2. The third-order valence-electron chi connectivity index (χ3n) is 2.59. The van der Waals surface area contributed by atoms with E-state index in [-0.39, 0.29) is 13.0 Å². The minimum atomic E-state index is -0.981. The first-order chi connectivity index (χ1) is 8.16. The molecule has 0 spiro atoms. The lowest BCUT2D eigenvalue weighted by Crippen LogP contribution is -2.28. The second-order valence-electron chi connectivity index (χ2n) is 3.90. The molecular formula is C12H14O5. The average molecular weight is 238 g/mol. The fourth-order valence-corrected chi connectivity index (χ4v) is 1.67. The molecule has 3 atom stereocenters. The maximum Gasteiger partial charge on any atom is 0.338 e. The average Bonchev–Trinajstić information content (AvgIpc) is 2.66. The normalized spacial score (nSPS) is 28.0. The monoisotopic (exact) mass is 238 g/mol. The lowest BCUT2D eigenvalue weighted by Gasteiger charge is -2.13. The standard InChI is InChI=1S/C12H14O5/c13-9-6-11(14)17-10(9)7-16-12(15)8-4-2-1-3-5-8/h1-5,9-11,13-14H,6-7H2/t9?,10-,11+/m1/s1. The summed E-state index contributed by atoms with van der Waals surface area (Å²) in [6.07, 6.45) is -2.29. The molecule has 5 nitrogen and oxygen atoms in total. The highest BCUT2D eigenvalue weighted by Gasteiger charge is 2.33. The number of carbonyl (C=O) groups excluding carboxylic acids is 1. The predicted octanol–water partition coefficient (Wildman–Crippen LogP) is 0.312. The minimum absolute atomic E-state index is 0.0635. The van der Waals surface area contributed by atoms with E-state index in [0.29, 0.717) is 5.56 Å². The Labute approximate surface area is 98.6 Å². The Kier molecular flexibility index (Phi) is 3.73. The van der Waals surface area contributed by atoms with Crippen molar-refractivity contribution in [2.75, 3.05) is 6.61 Å². The van der Waals surface area contributed by atoms with Gasteiger partial charge in [-0.2, -0.15) is 0 Å². The van der Waals surface area contributed by atoms with Gasteiger partial charge in [-0.3, -0.25) is 0 Å². The summed E-state index contributed by atoms with van der Waals surface area (Å²) in [5.41, 5.74) is 0.445. The van der Waals surface area contributed by atoms with Gasteiger partial charge in [-0.05, 0) is 12.1 Å². The fourth-order valence-electron chi connectivity index (χ4n) is 1.67. The third-order valence-corrected chi connectivity index (χ3v) is 2.59. The van der Waals surface area contributed by atoms with Gasteiger partial charge < -0.3 is 19.7 Å². The molecule has 5 heteroatoms. The van der Waals surface area contributed by atoms with E-state index in [4.69, 9.17) is 14.6 Å². The molecule has 0 aliphatic carbocycles. The first-order valence-corrected chi connectivity index (χ1v) is 5.40. The van der Waals surface area contributed by atoms with E-state index in [9.17, 15) is 9.90 Å². The molecule has 1 aliphatic rings. The van der Waals surface area contributed by atoms with Crippen LogP contribution in [0.2, 0.25) is 0 Å². The smallest absolute Gasteiger partial charge is 0.338 e. The SMILES string of the molecule is O=C(OC[C@H]1O[C@H](O)CC1O)c1ccccc1. The van der Waals surface area contributed by atoms with Gasteiger partial charge in [0.2, 0.25) is 0 Å². The van der Waals surface area contributed by atoms with Crippen LogP contribution in [-0.4, -0.2) is 41.3 Å². The molecule has 2 rings (SSSR count). The Morgan fingerprint density at radius 1 is 1.35 bits per heavy atom. The fraction of sp³-hybridized carbons (Fsp3) is 0.417. The summed E-state index contributed by atoms with van der Waals surface area (Å²) in [7, 11) is 0. The van der Waals surface area contributed by atoms with Gasteiger partial charge in [0.05, 0.1) is 11.7 Å². The zero-order valence-electron chi connectivity index (χ0n) is 9.15. The Morgan fingerprint density at radius 3 is 2.65 bits per heavy atom. The van der Waals surface area contributed by atoms with Crippen molar-refractivity contribution in [2.45, 2.75) is 24.9 Å². The highest BCUT2D eigenvalue weighted by molar-refractivity contribution is 5.89. The van der Waals surface area contributed by atoms with E-state index < -0.39 is 24.5 Å². The zero-order valence-corrected chi connectivity index (χ0v) is 9.15. The van der Waals surface area contributed by atoms with Crippen molar-refractivity contribution >= 4 is 5.97 Å². The van der Waals surface area contributed by atoms with Crippen molar-refractivity contribution < 1.29 is 24.5 Å². The summed E-state index contributed by atoms with van der Waals surface area (Å²) in [4.78, 5) is 11.6. The molecule has 1 unspecified atom stereocenters. The summed E-state index contributed by atoms with van der Waals surface area (Å²) < 4.78 is 9.98. The molecule has 1 fully saturated rings. The number of ether oxygens (including phenoxy) is 2. The van der Waals surface area contributed by atoms with Crippen molar-refractivity contribution in [1.82, 2.24) is 0 Å². The third kappa shape index (κ3) is 3.03. The number of carbonyl (C=O) groups is 1. The number of benzene rings is 1. The molecule has 1 heterocycles. The predicted molar refractivity (Wildman–Crippen MR) is 58.2 cm³/mol. The van der Waals surface area contributed by atoms with Gasteiger partial charge in [0.25, 0.3) is 0 Å². The van der Waals surface area contributed by atoms with Gasteiger partial charge in [0, 0.05) is 6.42 Å². The molecule has 0 bridgehead atoms. The molecule has 0 saturated carbocycles. The first kappa shape index (κ1) is 12.0. The van der Waals surface area contributed by atoms with E-state index in [1.807, 2.05) is 0 Å². The lowest BCUT2D eigenvalue weighted by atomic mass is 10.2. The van der Waals surface area contributed by atoms with Gasteiger partial charge in [0.15, 0.2) is 6.29 Å². The highest BCUT2D eigenvalue weighted by Crippen LogP contribution is 2.19. The summed E-state index contributed by atoms with van der Waals surface area (Å²) in [6, 6.07) is 8.56. The quantitative estimate of drug-likeness (QED) is 0.741. The van der Waals surface area contributed by atoms with Crippen LogP contribution in [0.25, 0.3) is 0 Å². The second-order valence-corrected chi connectivity index (χ2v) is 3.90. The van der Waals surface area contributed by atoms with Crippen LogP contribution in [0.15, 0.2) is 30.3 Å². The second kappa shape index (κ2) is 5.27. The van der Waals surface area contributed by atoms with Crippen molar-refractivity contribution in [1.29, 1.82) is 0 Å². The van der Waals surface area contributed by atoms with Gasteiger partial charge in [0.1, 0.15) is 12.7 Å². The molecule has 92 valence electrons. The molecule has 2 N–H and O–H groups in total. The van der Waals surface area contributed by atoms with Crippen LogP contribution >= 0.6 is 0 Å². The van der Waals surface area contributed by atoms with Crippen LogP contribution in [0.1, 0.15) is 16.8 Å². The van der Waals surface area contributed by atoms with Gasteiger partial charge in [-0.25, -0.2) is 4.79 Å². The minimum Gasteiger partial charge on any atom is -0.459 e. The van der Waals surface area contributed by atoms with Crippen LogP contribution in [0.3, 0.4) is 0 Å². The van der Waals surface area contributed by atoms with Gasteiger partial charge >= 0.3 is 5.97 Å². The maximum atomic E-state index is 11.6. The number of rotatable bonds is 3. The summed E-state index contributed by atoms with van der Waals surface area (Å²) in [5.74, 6) is -0.470. The summed E-state index contributed by atoms with van der Waals surface area (Å²) >= 11 is 0. The van der Waals surface area contributed by atoms with Crippen molar-refractivity contribution in [3.63, 3.8) is 0 Å².